The van der Waals surface area contributed by atoms with Gasteiger partial charge in [0.15, 0.2) is 0 Å². The molecule has 254 valence electrons. The summed E-state index contributed by atoms with van der Waals surface area (Å²) in [5.41, 5.74) is 10.7. The average molecular weight is 1000 g/mol. The van der Waals surface area contributed by atoms with Gasteiger partial charge in [-0.15, -0.1) is 69.1 Å². The Kier molecular flexibility index (Phi) is 15.7. The molecule has 0 amide bonds. The van der Waals surface area contributed by atoms with Crippen molar-refractivity contribution in [2.45, 2.75) is 26.9 Å². The van der Waals surface area contributed by atoms with Gasteiger partial charge in [0.2, 0.25) is 0 Å². The Morgan fingerprint density at radius 3 is 1.15 bits per heavy atom. The quantitative estimate of drug-likeness (QED) is 0.0715. The van der Waals surface area contributed by atoms with Gasteiger partial charge in [-0.05, 0) is 24.3 Å². The Morgan fingerprint density at radius 2 is 0.833 bits per heavy atom. The van der Waals surface area contributed by atoms with Crippen molar-refractivity contribution in [1.82, 2.24) is 8.97 Å². The molecule has 0 saturated heterocycles. The van der Waals surface area contributed by atoms with Gasteiger partial charge in [-0.1, -0.05) is 74.5 Å². The molecule has 0 atom stereocenters. The van der Waals surface area contributed by atoms with Crippen LogP contribution in [0.5, 0.6) is 0 Å². The third kappa shape index (κ3) is 12.1. The molecule has 0 aliphatic rings. The molecule has 0 saturated carbocycles. The fourth-order valence-corrected chi connectivity index (χ4v) is 5.81. The van der Waals surface area contributed by atoms with Crippen molar-refractivity contribution in [3.63, 3.8) is 0 Å². The summed E-state index contributed by atoms with van der Waals surface area (Å²) in [5, 5.41) is 5.37. The molecular weight excluding hydrogens is 952 g/mol. The molecule has 6 aromatic rings. The summed E-state index contributed by atoms with van der Waals surface area (Å²) in [5.74, 6) is 0. The van der Waals surface area contributed by atoms with Gasteiger partial charge in [0, 0.05) is 20.6 Å². The Labute approximate surface area is 322 Å². The fourth-order valence-electron chi connectivity index (χ4n) is 5.81. The van der Waals surface area contributed by atoms with Crippen LogP contribution in [-0.2, 0) is 9.50 Å². The summed E-state index contributed by atoms with van der Waals surface area (Å²) in [7, 11) is 23.1. The first-order chi connectivity index (χ1) is 22.3. The number of para-hydroxylation sites is 2. The van der Waals surface area contributed by atoms with Crippen molar-refractivity contribution in [3.05, 3.63) is 120 Å². The topological polar surface area (TPSA) is 0 Å². The van der Waals surface area contributed by atoms with E-state index in [1.54, 1.807) is 0 Å². The molecule has 2 nitrogen and oxygen atoms in total. The molecule has 0 bridgehead atoms. The zero-order valence-corrected chi connectivity index (χ0v) is 39.1. The molecule has 0 heterocycles. The molecule has 6 rings (SSSR count). The number of aryl methyl sites for hydroxylation is 2. The Balaban J connectivity index is 0.000000214. The van der Waals surface area contributed by atoms with Crippen LogP contribution in [0.25, 0.3) is 43.8 Å². The number of halogens is 4. The summed E-state index contributed by atoms with van der Waals surface area (Å²) in [6, 6.07) is 39.7. The van der Waals surface area contributed by atoms with Crippen LogP contribution >= 0.6 is 53.1 Å². The number of hydrogen-bond donors (Lipinski definition) is 0. The Bertz CT molecular complexity index is 1790. The van der Waals surface area contributed by atoms with Gasteiger partial charge in [0.05, 0.1) is 42.3 Å². The van der Waals surface area contributed by atoms with E-state index in [9.17, 15) is 0 Å². The third-order valence-corrected chi connectivity index (χ3v) is 7.62. The summed E-state index contributed by atoms with van der Waals surface area (Å²) in [6.45, 7) is 8.63. The zero-order valence-electron chi connectivity index (χ0n) is 29.8. The van der Waals surface area contributed by atoms with Crippen LogP contribution in [0.4, 0.5) is 11.4 Å². The minimum atomic E-state index is -2.30. The van der Waals surface area contributed by atoms with E-state index in [-0.39, 0.29) is 0 Å². The number of quaternary nitrogens is 2. The number of benzene rings is 4. The molecule has 0 spiro atoms. The number of nitrogens with zero attached hydrogens (tertiary/aromatic N) is 2. The summed E-state index contributed by atoms with van der Waals surface area (Å²) < 4.78 is 1.65. The summed E-state index contributed by atoms with van der Waals surface area (Å²) in [4.78, 5) is 0. The van der Waals surface area contributed by atoms with Crippen LogP contribution < -0.4 is 8.97 Å². The van der Waals surface area contributed by atoms with Crippen LogP contribution in [0.2, 0.25) is 13.1 Å². The van der Waals surface area contributed by atoms with Gasteiger partial charge in [-0.3, -0.25) is 8.97 Å². The van der Waals surface area contributed by atoms with E-state index < -0.39 is 9.50 Å². The van der Waals surface area contributed by atoms with E-state index in [1.165, 1.54) is 66.3 Å². The molecule has 0 unspecified atom stereocenters. The molecule has 6 aromatic carbocycles. The molecule has 8 heteroatoms. The molecule has 0 fully saturated rings. The molecule has 0 aromatic heterocycles. The number of rotatable bonds is 4. The summed E-state index contributed by atoms with van der Waals surface area (Å²) >= 11 is 4.21. The van der Waals surface area contributed by atoms with E-state index in [0.29, 0.717) is 0 Å². The molecule has 0 aliphatic carbocycles. The maximum absolute atomic E-state index is 5.48. The van der Waals surface area contributed by atoms with E-state index in [1.807, 2.05) is 0 Å². The van der Waals surface area contributed by atoms with E-state index in [4.69, 9.17) is 17.0 Å². The predicted octanol–water partition coefficient (Wildman–Crippen LogP) is 13.4. The number of fused-ring (bicyclic) bond motifs is 2. The second kappa shape index (κ2) is 18.1. The van der Waals surface area contributed by atoms with Crippen molar-refractivity contribution in [1.29, 1.82) is 0 Å². The van der Waals surface area contributed by atoms with Gasteiger partial charge in [-0.2, -0.15) is 12.1 Å². The first kappa shape index (κ1) is 41.6. The van der Waals surface area contributed by atoms with E-state index >= 15 is 0 Å². The minimum absolute atomic E-state index is 0.826. The van der Waals surface area contributed by atoms with Crippen LogP contribution in [0, 0.1) is 13.8 Å². The SMILES string of the molecule is C[Si]C.Cc1cc2c(-c3ccccc3[N+](C)(C)C)cccc2[cH-]1.Cc1cc2c(-c3ccccc3[N+](C)(C)C)cccc2[cH-]1.[Cl][Zr]([Cl])([I])[I]. The van der Waals surface area contributed by atoms with Gasteiger partial charge < -0.3 is 0 Å². The van der Waals surface area contributed by atoms with Crippen LogP contribution in [-0.4, -0.2) is 51.8 Å². The van der Waals surface area contributed by atoms with Crippen molar-refractivity contribution in [3.8, 4) is 22.3 Å². The van der Waals surface area contributed by atoms with Gasteiger partial charge in [-0.25, -0.2) is 0 Å². The van der Waals surface area contributed by atoms with Crippen molar-refractivity contribution >= 4 is 95.6 Å². The molecule has 0 N–H and O–H groups in total. The van der Waals surface area contributed by atoms with E-state index in [2.05, 4.69) is 215 Å². The Hall–Kier alpha value is -0.840. The second-order valence-corrected chi connectivity index (χ2v) is 71.1. The van der Waals surface area contributed by atoms with Gasteiger partial charge >= 0.3 is 62.6 Å². The molecule has 48 heavy (non-hydrogen) atoms. The van der Waals surface area contributed by atoms with Crippen LogP contribution in [0.3, 0.4) is 0 Å². The fraction of sp³-hybridized carbons (Fsp3) is 0.250. The maximum atomic E-state index is 5.48. The van der Waals surface area contributed by atoms with Crippen LogP contribution in [0.1, 0.15) is 11.1 Å². The summed E-state index contributed by atoms with van der Waals surface area (Å²) in [6.07, 6.45) is 0. The normalized spacial score (nSPS) is 11.6. The predicted molar refractivity (Wildman–Crippen MR) is 236 cm³/mol. The van der Waals surface area contributed by atoms with Crippen LogP contribution in [0.15, 0.2) is 109 Å². The third-order valence-electron chi connectivity index (χ3n) is 7.62. The number of hydrogen-bond acceptors (Lipinski definition) is 0. The standard InChI is InChI=1S/2C19H21N.C2H6Si.2ClH.2HI.Zr/c2*1-14-12-15-8-7-10-16(18(15)13-14)17-9-5-6-11-19(17)20(2,3)4;1-3-2;;;;;/h2*5-13H,1-4H3;1-2H3;4*1H;/q;;;;;;;+4/p-4. The molecular formula is C40H48Cl2I2N2SiZr. The second-order valence-electron chi connectivity index (χ2n) is 13.7. The Morgan fingerprint density at radius 1 is 0.542 bits per heavy atom. The monoisotopic (exact) mass is 998 g/mol. The van der Waals surface area contributed by atoms with Crippen molar-refractivity contribution in [2.75, 3.05) is 42.3 Å². The zero-order chi connectivity index (χ0) is 35.9. The van der Waals surface area contributed by atoms with Gasteiger partial charge in [0.25, 0.3) is 0 Å². The van der Waals surface area contributed by atoms with Crippen molar-refractivity contribution < 1.29 is 9.50 Å². The molecule has 2 radical (unpaired) electrons. The van der Waals surface area contributed by atoms with Crippen molar-refractivity contribution in [2.24, 2.45) is 0 Å². The van der Waals surface area contributed by atoms with Gasteiger partial charge in [0.1, 0.15) is 11.4 Å². The first-order valence-corrected chi connectivity index (χ1v) is 38.8. The molecule has 0 aliphatic heterocycles. The average Bonchev–Trinajstić information content (AvgIpc) is 3.56. The van der Waals surface area contributed by atoms with E-state index in [0.717, 1.165) is 18.5 Å². The first-order valence-electron chi connectivity index (χ1n) is 15.8.